The topological polar surface area (TPSA) is 46.2 Å². The lowest BCUT2D eigenvalue weighted by molar-refractivity contribution is 0.586. The molecule has 3 nitrogen and oxygen atoms in total. The molecule has 0 saturated heterocycles. The molecule has 0 unspecified atom stereocenters. The lowest BCUT2D eigenvalue weighted by atomic mass is 10.1. The van der Waals surface area contributed by atoms with E-state index >= 15 is 0 Å². The first-order valence-corrected chi connectivity index (χ1v) is 8.25. The van der Waals surface area contributed by atoms with Gasteiger partial charge in [-0.2, -0.15) is 0 Å². The zero-order valence-corrected chi connectivity index (χ0v) is 13.2. The second-order valence-electron chi connectivity index (χ2n) is 4.75. The average molecular weight is 322 g/mol. The number of hydrogen-bond acceptors (Lipinski definition) is 2. The van der Waals surface area contributed by atoms with Crippen LogP contribution in [0.3, 0.4) is 0 Å². The maximum absolute atomic E-state index is 12.2. The van der Waals surface area contributed by atoms with Crippen molar-refractivity contribution in [2.45, 2.75) is 11.8 Å². The van der Waals surface area contributed by atoms with Crippen LogP contribution in [0, 0.1) is 6.92 Å². The minimum Gasteiger partial charge on any atom is -0.207 e. The number of hydrogen-bond donors (Lipinski definition) is 1. The fraction of sp³-hybridized carbons (Fsp3) is 0.125. The Morgan fingerprint density at radius 3 is 2.24 bits per heavy atom. The van der Waals surface area contributed by atoms with Crippen LogP contribution in [-0.4, -0.2) is 15.0 Å². The zero-order valence-electron chi connectivity index (χ0n) is 11.6. The summed E-state index contributed by atoms with van der Waals surface area (Å²) in [4.78, 5) is 0.247. The molecular formula is C16H16ClNO2S. The molecule has 2 rings (SSSR count). The van der Waals surface area contributed by atoms with Gasteiger partial charge in [-0.25, -0.2) is 13.1 Å². The second-order valence-corrected chi connectivity index (χ2v) is 6.95. The molecule has 0 atom stereocenters. The van der Waals surface area contributed by atoms with Gasteiger partial charge in [0, 0.05) is 11.6 Å². The summed E-state index contributed by atoms with van der Waals surface area (Å²) in [5.41, 5.74) is 2.55. The van der Waals surface area contributed by atoms with E-state index in [0.717, 1.165) is 11.1 Å². The summed E-state index contributed by atoms with van der Waals surface area (Å²) in [6.45, 7) is 5.96. The van der Waals surface area contributed by atoms with Gasteiger partial charge < -0.3 is 0 Å². The van der Waals surface area contributed by atoms with Gasteiger partial charge in [0.05, 0.1) is 4.90 Å². The highest BCUT2D eigenvalue weighted by Gasteiger charge is 2.13. The minimum atomic E-state index is -3.53. The Balaban J connectivity index is 2.06. The molecule has 0 fully saturated rings. The van der Waals surface area contributed by atoms with Gasteiger partial charge in [-0.1, -0.05) is 48.0 Å². The molecule has 0 aliphatic carbocycles. The normalized spacial score (nSPS) is 11.3. The summed E-state index contributed by atoms with van der Waals surface area (Å²) in [5, 5.41) is 0.631. The van der Waals surface area contributed by atoms with Gasteiger partial charge in [0.25, 0.3) is 0 Å². The molecule has 21 heavy (non-hydrogen) atoms. The third kappa shape index (κ3) is 4.17. The van der Waals surface area contributed by atoms with Crippen LogP contribution in [0.4, 0.5) is 0 Å². The first-order chi connectivity index (χ1) is 9.88. The summed E-state index contributed by atoms with van der Waals surface area (Å²) in [6.07, 6.45) is 0. The Labute approximate surface area is 130 Å². The lowest BCUT2D eigenvalue weighted by Gasteiger charge is -2.09. The second kappa shape index (κ2) is 6.43. The summed E-state index contributed by atoms with van der Waals surface area (Å²) >= 11 is 5.82. The third-order valence-electron chi connectivity index (χ3n) is 3.06. The Hall–Kier alpha value is -1.62. The van der Waals surface area contributed by atoms with Crippen LogP contribution in [-0.2, 0) is 10.0 Å². The van der Waals surface area contributed by atoms with Gasteiger partial charge in [0.2, 0.25) is 10.0 Å². The van der Waals surface area contributed by atoms with Gasteiger partial charge >= 0.3 is 0 Å². The SMILES string of the molecule is C=C(CNS(=O)(=O)c1ccc(C)cc1)c1ccc(Cl)cc1. The van der Waals surface area contributed by atoms with Crippen LogP contribution in [0.25, 0.3) is 5.57 Å². The molecule has 0 bridgehead atoms. The van der Waals surface area contributed by atoms with Crippen LogP contribution in [0.2, 0.25) is 5.02 Å². The van der Waals surface area contributed by atoms with Crippen LogP contribution >= 0.6 is 11.6 Å². The molecule has 0 heterocycles. The van der Waals surface area contributed by atoms with Gasteiger partial charge in [-0.05, 0) is 42.3 Å². The molecule has 0 aromatic heterocycles. The number of aryl methyl sites for hydroxylation is 1. The van der Waals surface area contributed by atoms with Gasteiger partial charge in [0.15, 0.2) is 0 Å². The van der Waals surface area contributed by atoms with Gasteiger partial charge in [0.1, 0.15) is 0 Å². The van der Waals surface area contributed by atoms with E-state index in [1.165, 1.54) is 0 Å². The molecule has 0 spiro atoms. The van der Waals surface area contributed by atoms with Gasteiger partial charge in [-0.15, -0.1) is 0 Å². The quantitative estimate of drug-likeness (QED) is 0.914. The van der Waals surface area contributed by atoms with Gasteiger partial charge in [-0.3, -0.25) is 0 Å². The maximum Gasteiger partial charge on any atom is 0.240 e. The first-order valence-electron chi connectivity index (χ1n) is 6.38. The summed E-state index contributed by atoms with van der Waals surface area (Å²) in [5.74, 6) is 0. The van der Waals surface area contributed by atoms with E-state index in [-0.39, 0.29) is 11.4 Å². The molecule has 110 valence electrons. The number of sulfonamides is 1. The zero-order chi connectivity index (χ0) is 15.5. The summed E-state index contributed by atoms with van der Waals surface area (Å²) < 4.78 is 26.9. The highest BCUT2D eigenvalue weighted by Crippen LogP contribution is 2.16. The Bertz CT molecular complexity index is 735. The maximum atomic E-state index is 12.2. The predicted molar refractivity (Wildman–Crippen MR) is 86.9 cm³/mol. The molecule has 0 saturated carbocycles. The molecule has 2 aromatic carbocycles. The molecule has 0 aliphatic rings. The van der Waals surface area contributed by atoms with Crippen molar-refractivity contribution >= 4 is 27.2 Å². The predicted octanol–water partition coefficient (Wildman–Crippen LogP) is 3.64. The monoisotopic (exact) mass is 321 g/mol. The Morgan fingerprint density at radius 2 is 1.67 bits per heavy atom. The molecule has 5 heteroatoms. The van der Waals surface area contributed by atoms with E-state index in [4.69, 9.17) is 11.6 Å². The molecule has 0 aliphatic heterocycles. The van der Waals surface area contributed by atoms with Crippen molar-refractivity contribution in [3.63, 3.8) is 0 Å². The number of rotatable bonds is 5. The van der Waals surface area contributed by atoms with E-state index in [2.05, 4.69) is 11.3 Å². The Kier molecular flexibility index (Phi) is 4.83. The minimum absolute atomic E-state index is 0.151. The average Bonchev–Trinajstić information content (AvgIpc) is 2.46. The first kappa shape index (κ1) is 15.8. The van der Waals surface area contributed by atoms with Crippen molar-refractivity contribution in [3.05, 3.63) is 71.3 Å². The fourth-order valence-corrected chi connectivity index (χ4v) is 2.92. The van der Waals surface area contributed by atoms with Crippen molar-refractivity contribution in [2.75, 3.05) is 6.54 Å². The molecule has 1 N–H and O–H groups in total. The largest absolute Gasteiger partial charge is 0.240 e. The van der Waals surface area contributed by atoms with Crippen molar-refractivity contribution in [3.8, 4) is 0 Å². The standard InChI is InChI=1S/C16H16ClNO2S/c1-12-3-9-16(10-4-12)21(19,20)18-11-13(2)14-5-7-15(17)8-6-14/h3-10,18H,2,11H2,1H3. The molecule has 0 amide bonds. The molecule has 0 radical (unpaired) electrons. The van der Waals surface area contributed by atoms with Crippen molar-refractivity contribution in [2.24, 2.45) is 0 Å². The van der Waals surface area contributed by atoms with E-state index in [1.807, 2.05) is 19.1 Å². The molecular weight excluding hydrogens is 306 g/mol. The van der Waals surface area contributed by atoms with Crippen LogP contribution in [0.1, 0.15) is 11.1 Å². The number of halogens is 1. The van der Waals surface area contributed by atoms with Crippen molar-refractivity contribution in [1.82, 2.24) is 4.72 Å². The van der Waals surface area contributed by atoms with E-state index in [0.29, 0.717) is 10.6 Å². The smallest absolute Gasteiger partial charge is 0.207 e. The fourth-order valence-electron chi connectivity index (χ4n) is 1.77. The van der Waals surface area contributed by atoms with Crippen LogP contribution < -0.4 is 4.72 Å². The van der Waals surface area contributed by atoms with Crippen LogP contribution in [0.5, 0.6) is 0 Å². The van der Waals surface area contributed by atoms with Crippen molar-refractivity contribution in [1.29, 1.82) is 0 Å². The van der Waals surface area contributed by atoms with E-state index in [9.17, 15) is 8.42 Å². The molecule has 2 aromatic rings. The summed E-state index contributed by atoms with van der Waals surface area (Å²) in [7, 11) is -3.53. The third-order valence-corrected chi connectivity index (χ3v) is 4.73. The van der Waals surface area contributed by atoms with E-state index < -0.39 is 10.0 Å². The highest BCUT2D eigenvalue weighted by atomic mass is 35.5. The summed E-state index contributed by atoms with van der Waals surface area (Å²) in [6, 6.07) is 13.8. The number of benzene rings is 2. The van der Waals surface area contributed by atoms with E-state index in [1.54, 1.807) is 36.4 Å². The number of nitrogens with one attached hydrogen (secondary N) is 1. The van der Waals surface area contributed by atoms with Crippen molar-refractivity contribution < 1.29 is 8.42 Å². The highest BCUT2D eigenvalue weighted by molar-refractivity contribution is 7.89. The lowest BCUT2D eigenvalue weighted by Crippen LogP contribution is -2.25. The Morgan fingerprint density at radius 1 is 1.10 bits per heavy atom. The van der Waals surface area contributed by atoms with Crippen LogP contribution in [0.15, 0.2) is 60.0 Å².